The molecule has 0 bridgehead atoms. The minimum atomic E-state index is -0.718. The van der Waals surface area contributed by atoms with Crippen LogP contribution >= 0.6 is 22.9 Å². The predicted molar refractivity (Wildman–Crippen MR) is 84.6 cm³/mol. The minimum absolute atomic E-state index is 0.0543. The number of esters is 1. The van der Waals surface area contributed by atoms with Crippen molar-refractivity contribution in [1.82, 2.24) is 5.32 Å². The number of halogens is 1. The Morgan fingerprint density at radius 3 is 2.81 bits per heavy atom. The van der Waals surface area contributed by atoms with Crippen molar-refractivity contribution in [3.8, 4) is 0 Å². The second kappa shape index (κ2) is 7.58. The van der Waals surface area contributed by atoms with Gasteiger partial charge in [0.05, 0.1) is 22.5 Å². The van der Waals surface area contributed by atoms with Crippen molar-refractivity contribution in [3.63, 3.8) is 0 Å². The maximum Gasteiger partial charge on any atom is 0.308 e. The fourth-order valence-electron chi connectivity index (χ4n) is 2.69. The molecule has 0 amide bonds. The first-order valence-corrected chi connectivity index (χ1v) is 8.56. The molecule has 118 valence electrons. The Labute approximate surface area is 134 Å². The Hall–Kier alpha value is -0.620. The van der Waals surface area contributed by atoms with Crippen LogP contribution in [-0.4, -0.2) is 29.8 Å². The van der Waals surface area contributed by atoms with Gasteiger partial charge in [-0.2, -0.15) is 0 Å². The number of carbonyl (C=O) groups is 1. The standard InChI is InChI=1S/C15H22ClNO3S/c1-2-20-14(18)11-5-7-15(19,8-6-11)10-17-9-12-3-4-13(16)21-12/h3-4,11,17,19H,2,5-10H2,1H3. The highest BCUT2D eigenvalue weighted by Gasteiger charge is 2.35. The molecule has 2 N–H and O–H groups in total. The summed E-state index contributed by atoms with van der Waals surface area (Å²) < 4.78 is 5.82. The van der Waals surface area contributed by atoms with Gasteiger partial charge in [0.25, 0.3) is 0 Å². The largest absolute Gasteiger partial charge is 0.466 e. The highest BCUT2D eigenvalue weighted by atomic mass is 35.5. The average molecular weight is 332 g/mol. The van der Waals surface area contributed by atoms with E-state index in [9.17, 15) is 9.90 Å². The summed E-state index contributed by atoms with van der Waals surface area (Å²) >= 11 is 7.43. The van der Waals surface area contributed by atoms with E-state index in [4.69, 9.17) is 16.3 Å². The molecule has 0 atom stereocenters. The molecule has 0 radical (unpaired) electrons. The summed E-state index contributed by atoms with van der Waals surface area (Å²) in [7, 11) is 0. The van der Waals surface area contributed by atoms with Crippen molar-refractivity contribution in [2.75, 3.05) is 13.2 Å². The Balaban J connectivity index is 1.73. The van der Waals surface area contributed by atoms with Crippen molar-refractivity contribution in [2.24, 2.45) is 5.92 Å². The van der Waals surface area contributed by atoms with Crippen LogP contribution in [0.2, 0.25) is 4.34 Å². The lowest BCUT2D eigenvalue weighted by atomic mass is 9.79. The fraction of sp³-hybridized carbons (Fsp3) is 0.667. The molecular weight excluding hydrogens is 310 g/mol. The van der Waals surface area contributed by atoms with Gasteiger partial charge in [0.15, 0.2) is 0 Å². The van der Waals surface area contributed by atoms with Crippen LogP contribution in [0.4, 0.5) is 0 Å². The number of aliphatic hydroxyl groups is 1. The molecule has 1 saturated carbocycles. The van der Waals surface area contributed by atoms with Gasteiger partial charge >= 0.3 is 5.97 Å². The molecule has 1 aliphatic carbocycles. The lowest BCUT2D eigenvalue weighted by Crippen LogP contribution is -2.44. The van der Waals surface area contributed by atoms with E-state index in [0.717, 1.165) is 9.21 Å². The summed E-state index contributed by atoms with van der Waals surface area (Å²) in [5, 5.41) is 13.8. The van der Waals surface area contributed by atoms with Gasteiger partial charge in [-0.15, -0.1) is 11.3 Å². The number of carbonyl (C=O) groups excluding carboxylic acids is 1. The molecular formula is C15H22ClNO3S. The van der Waals surface area contributed by atoms with E-state index in [1.165, 1.54) is 0 Å². The normalized spacial score (nSPS) is 25.8. The third-order valence-corrected chi connectivity index (χ3v) is 5.15. The molecule has 0 spiro atoms. The van der Waals surface area contributed by atoms with Crippen molar-refractivity contribution < 1.29 is 14.6 Å². The fourth-order valence-corrected chi connectivity index (χ4v) is 3.75. The molecule has 1 fully saturated rings. The summed E-state index contributed by atoms with van der Waals surface area (Å²) in [6.07, 6.45) is 2.66. The van der Waals surface area contributed by atoms with Gasteiger partial charge in [0, 0.05) is 18.0 Å². The third-order valence-electron chi connectivity index (χ3n) is 3.92. The molecule has 2 rings (SSSR count). The SMILES string of the molecule is CCOC(=O)C1CCC(O)(CNCc2ccc(Cl)s2)CC1. The molecule has 21 heavy (non-hydrogen) atoms. The summed E-state index contributed by atoms with van der Waals surface area (Å²) in [4.78, 5) is 12.8. The summed E-state index contributed by atoms with van der Waals surface area (Å²) in [6.45, 7) is 3.49. The Morgan fingerprint density at radius 1 is 1.52 bits per heavy atom. The van der Waals surface area contributed by atoms with Crippen LogP contribution in [0.1, 0.15) is 37.5 Å². The molecule has 0 aromatic carbocycles. The van der Waals surface area contributed by atoms with Crippen LogP contribution in [-0.2, 0) is 16.1 Å². The molecule has 6 heteroatoms. The molecule has 0 aliphatic heterocycles. The first-order valence-electron chi connectivity index (χ1n) is 7.36. The number of ether oxygens (including phenoxy) is 1. The summed E-state index contributed by atoms with van der Waals surface area (Å²) in [5.74, 6) is -0.179. The van der Waals surface area contributed by atoms with Crippen molar-refractivity contribution in [2.45, 2.75) is 44.8 Å². The van der Waals surface area contributed by atoms with E-state index < -0.39 is 5.60 Å². The summed E-state index contributed by atoms with van der Waals surface area (Å²) in [5.41, 5.74) is -0.718. The Kier molecular flexibility index (Phi) is 6.05. The topological polar surface area (TPSA) is 58.6 Å². The van der Waals surface area contributed by atoms with Crippen LogP contribution in [0.15, 0.2) is 12.1 Å². The zero-order valence-electron chi connectivity index (χ0n) is 12.2. The van der Waals surface area contributed by atoms with Crippen molar-refractivity contribution in [1.29, 1.82) is 0 Å². The maximum atomic E-state index is 11.7. The van der Waals surface area contributed by atoms with E-state index in [0.29, 0.717) is 45.4 Å². The van der Waals surface area contributed by atoms with Gasteiger partial charge in [0.2, 0.25) is 0 Å². The highest BCUT2D eigenvalue weighted by molar-refractivity contribution is 7.16. The lowest BCUT2D eigenvalue weighted by molar-refractivity contribution is -0.151. The van der Waals surface area contributed by atoms with Crippen LogP contribution < -0.4 is 5.32 Å². The quantitative estimate of drug-likeness (QED) is 0.787. The molecule has 1 aromatic rings. The molecule has 0 unspecified atom stereocenters. The molecule has 1 aliphatic rings. The minimum Gasteiger partial charge on any atom is -0.466 e. The smallest absolute Gasteiger partial charge is 0.308 e. The Morgan fingerprint density at radius 2 is 2.24 bits per heavy atom. The van der Waals surface area contributed by atoms with E-state index >= 15 is 0 Å². The number of thiophene rings is 1. The van der Waals surface area contributed by atoms with Gasteiger partial charge in [-0.1, -0.05) is 11.6 Å². The van der Waals surface area contributed by atoms with Gasteiger partial charge < -0.3 is 15.2 Å². The molecule has 1 aromatic heterocycles. The second-order valence-electron chi connectivity index (χ2n) is 5.56. The average Bonchev–Trinajstić information content (AvgIpc) is 2.85. The van der Waals surface area contributed by atoms with Crippen molar-refractivity contribution >= 4 is 28.9 Å². The maximum absolute atomic E-state index is 11.7. The van der Waals surface area contributed by atoms with E-state index in [2.05, 4.69) is 5.32 Å². The van der Waals surface area contributed by atoms with E-state index in [1.54, 1.807) is 11.3 Å². The van der Waals surface area contributed by atoms with Crippen LogP contribution in [0.25, 0.3) is 0 Å². The number of rotatable bonds is 6. The number of nitrogens with one attached hydrogen (secondary N) is 1. The van der Waals surface area contributed by atoms with E-state index in [1.807, 2.05) is 19.1 Å². The van der Waals surface area contributed by atoms with Gasteiger partial charge in [-0.25, -0.2) is 0 Å². The molecule has 0 saturated heterocycles. The first kappa shape index (κ1) is 16.7. The number of hydrogen-bond acceptors (Lipinski definition) is 5. The van der Waals surface area contributed by atoms with E-state index in [-0.39, 0.29) is 11.9 Å². The molecule has 4 nitrogen and oxygen atoms in total. The summed E-state index contributed by atoms with van der Waals surface area (Å²) in [6, 6.07) is 3.87. The van der Waals surface area contributed by atoms with Gasteiger partial charge in [0.1, 0.15) is 0 Å². The van der Waals surface area contributed by atoms with Gasteiger partial charge in [-0.3, -0.25) is 4.79 Å². The molecule has 1 heterocycles. The third kappa shape index (κ3) is 4.95. The van der Waals surface area contributed by atoms with Crippen LogP contribution in [0, 0.1) is 5.92 Å². The van der Waals surface area contributed by atoms with Crippen LogP contribution in [0.5, 0.6) is 0 Å². The zero-order valence-corrected chi connectivity index (χ0v) is 13.8. The zero-order chi connectivity index (χ0) is 15.3. The highest BCUT2D eigenvalue weighted by Crippen LogP contribution is 2.32. The second-order valence-corrected chi connectivity index (χ2v) is 7.36. The lowest BCUT2D eigenvalue weighted by Gasteiger charge is -2.35. The Bertz CT molecular complexity index is 469. The predicted octanol–water partition coefficient (Wildman–Crippen LogP) is 2.98. The van der Waals surface area contributed by atoms with Crippen LogP contribution in [0.3, 0.4) is 0 Å². The first-order chi connectivity index (χ1) is 10.0. The monoisotopic (exact) mass is 331 g/mol. The number of hydrogen-bond donors (Lipinski definition) is 2. The van der Waals surface area contributed by atoms with Gasteiger partial charge in [-0.05, 0) is 44.7 Å². The van der Waals surface area contributed by atoms with Crippen molar-refractivity contribution in [3.05, 3.63) is 21.3 Å².